The van der Waals surface area contributed by atoms with Gasteiger partial charge in [0.1, 0.15) is 5.82 Å². The molecule has 4 heterocycles. The highest BCUT2D eigenvalue weighted by molar-refractivity contribution is 5.52. The van der Waals surface area contributed by atoms with Crippen molar-refractivity contribution in [2.75, 3.05) is 18.0 Å². The van der Waals surface area contributed by atoms with Crippen LogP contribution in [-0.2, 0) is 11.3 Å². The predicted molar refractivity (Wildman–Crippen MR) is 96.7 cm³/mol. The summed E-state index contributed by atoms with van der Waals surface area (Å²) in [6.07, 6.45) is 5.99. The Bertz CT molecular complexity index is 853. The highest BCUT2D eigenvalue weighted by Crippen LogP contribution is 2.23. The van der Waals surface area contributed by atoms with Gasteiger partial charge in [0.2, 0.25) is 0 Å². The topological polar surface area (TPSA) is 55.5 Å². The van der Waals surface area contributed by atoms with Gasteiger partial charge in [-0.2, -0.15) is 9.61 Å². The molecule has 1 fully saturated rings. The van der Waals surface area contributed by atoms with Crippen molar-refractivity contribution in [2.24, 2.45) is 0 Å². The number of rotatable bonds is 4. The maximum absolute atomic E-state index is 6.07. The first-order valence-corrected chi connectivity index (χ1v) is 8.78. The van der Waals surface area contributed by atoms with Crippen molar-refractivity contribution in [1.82, 2.24) is 19.6 Å². The molecule has 0 atom stereocenters. The van der Waals surface area contributed by atoms with Gasteiger partial charge < -0.3 is 9.64 Å². The Balaban J connectivity index is 1.42. The van der Waals surface area contributed by atoms with Crippen molar-refractivity contribution in [2.45, 2.75) is 39.4 Å². The van der Waals surface area contributed by atoms with Crippen LogP contribution in [-0.4, -0.2) is 38.8 Å². The van der Waals surface area contributed by atoms with Crippen molar-refractivity contribution < 1.29 is 4.74 Å². The minimum atomic E-state index is 0.300. The van der Waals surface area contributed by atoms with Gasteiger partial charge >= 0.3 is 0 Å². The van der Waals surface area contributed by atoms with Crippen LogP contribution >= 0.6 is 0 Å². The van der Waals surface area contributed by atoms with E-state index in [9.17, 15) is 0 Å². The number of aromatic nitrogens is 4. The number of pyridine rings is 1. The fourth-order valence-corrected chi connectivity index (χ4v) is 3.37. The summed E-state index contributed by atoms with van der Waals surface area (Å²) in [5, 5.41) is 4.60. The third kappa shape index (κ3) is 3.49. The average molecular weight is 337 g/mol. The number of aryl methyl sites for hydroxylation is 2. The number of hydrogen-bond acceptors (Lipinski definition) is 5. The van der Waals surface area contributed by atoms with E-state index < -0.39 is 0 Å². The quantitative estimate of drug-likeness (QED) is 0.733. The van der Waals surface area contributed by atoms with E-state index in [1.54, 1.807) is 6.20 Å². The van der Waals surface area contributed by atoms with Crippen molar-refractivity contribution in [1.29, 1.82) is 0 Å². The molecule has 0 aromatic carbocycles. The number of nitrogens with zero attached hydrogens (tertiary/aromatic N) is 5. The van der Waals surface area contributed by atoms with Crippen LogP contribution < -0.4 is 4.90 Å². The normalized spacial score (nSPS) is 15.8. The van der Waals surface area contributed by atoms with Gasteiger partial charge in [0, 0.05) is 43.3 Å². The standard InChI is InChI=1S/C19H23N5O/c1-14-11-19(24-18(21-14)10-15(2)22-24)23-8-5-17(6-9-23)25-13-16-4-3-7-20-12-16/h3-4,7,10-12,17H,5-6,8-9,13H2,1-2H3. The SMILES string of the molecule is Cc1cc(N2CCC(OCc3cccnc3)CC2)n2nc(C)cc2n1. The second kappa shape index (κ2) is 6.80. The zero-order valence-corrected chi connectivity index (χ0v) is 14.7. The zero-order chi connectivity index (χ0) is 17.2. The van der Waals surface area contributed by atoms with Crippen molar-refractivity contribution in [3.05, 3.63) is 53.6 Å². The lowest BCUT2D eigenvalue weighted by Gasteiger charge is -2.33. The molecule has 0 amide bonds. The van der Waals surface area contributed by atoms with Crippen LogP contribution in [0.4, 0.5) is 5.82 Å². The lowest BCUT2D eigenvalue weighted by molar-refractivity contribution is 0.0249. The molecule has 6 heteroatoms. The van der Waals surface area contributed by atoms with Gasteiger partial charge in [-0.15, -0.1) is 0 Å². The second-order valence-corrected chi connectivity index (χ2v) is 6.67. The largest absolute Gasteiger partial charge is 0.373 e. The highest BCUT2D eigenvalue weighted by atomic mass is 16.5. The van der Waals surface area contributed by atoms with E-state index >= 15 is 0 Å². The predicted octanol–water partition coefficient (Wildman–Crippen LogP) is 2.93. The molecule has 1 aliphatic heterocycles. The fourth-order valence-electron chi connectivity index (χ4n) is 3.37. The Labute approximate surface area is 147 Å². The van der Waals surface area contributed by atoms with Gasteiger partial charge in [-0.25, -0.2) is 4.98 Å². The number of piperidine rings is 1. The van der Waals surface area contributed by atoms with E-state index in [0.717, 1.165) is 54.3 Å². The van der Waals surface area contributed by atoms with E-state index in [-0.39, 0.29) is 0 Å². The van der Waals surface area contributed by atoms with E-state index in [0.29, 0.717) is 12.7 Å². The van der Waals surface area contributed by atoms with Gasteiger partial charge in [0.05, 0.1) is 18.4 Å². The summed E-state index contributed by atoms with van der Waals surface area (Å²) in [5.41, 5.74) is 4.07. The van der Waals surface area contributed by atoms with Crippen LogP contribution in [0.5, 0.6) is 0 Å². The zero-order valence-electron chi connectivity index (χ0n) is 14.7. The molecular formula is C19H23N5O. The third-order valence-corrected chi connectivity index (χ3v) is 4.63. The summed E-state index contributed by atoms with van der Waals surface area (Å²) in [6.45, 7) is 6.61. The van der Waals surface area contributed by atoms with Crippen LogP contribution in [0.15, 0.2) is 36.7 Å². The molecule has 1 saturated heterocycles. The van der Waals surface area contributed by atoms with Crippen LogP contribution in [0, 0.1) is 13.8 Å². The molecule has 3 aromatic rings. The first-order chi connectivity index (χ1) is 12.2. The average Bonchev–Trinajstić information content (AvgIpc) is 3.00. The fraction of sp³-hybridized carbons (Fsp3) is 0.421. The summed E-state index contributed by atoms with van der Waals surface area (Å²) in [4.78, 5) is 11.1. The smallest absolute Gasteiger partial charge is 0.157 e. The van der Waals surface area contributed by atoms with Crippen molar-refractivity contribution in [3.63, 3.8) is 0 Å². The van der Waals surface area contributed by atoms with Gasteiger partial charge in [-0.05, 0) is 38.3 Å². The molecule has 0 radical (unpaired) electrons. The minimum Gasteiger partial charge on any atom is -0.373 e. The minimum absolute atomic E-state index is 0.300. The van der Waals surface area contributed by atoms with E-state index in [1.165, 1.54) is 0 Å². The molecule has 0 bridgehead atoms. The Morgan fingerprint density at radius 1 is 1.16 bits per heavy atom. The molecule has 130 valence electrons. The molecule has 3 aromatic heterocycles. The van der Waals surface area contributed by atoms with E-state index in [4.69, 9.17) is 4.74 Å². The molecule has 1 aliphatic rings. The number of hydrogen-bond donors (Lipinski definition) is 0. The molecule has 0 spiro atoms. The van der Waals surface area contributed by atoms with Crippen LogP contribution in [0.1, 0.15) is 29.8 Å². The maximum atomic E-state index is 6.07. The summed E-state index contributed by atoms with van der Waals surface area (Å²) >= 11 is 0. The Hall–Kier alpha value is -2.47. The molecule has 0 saturated carbocycles. The summed E-state index contributed by atoms with van der Waals surface area (Å²) < 4.78 is 8.02. The van der Waals surface area contributed by atoms with E-state index in [2.05, 4.69) is 32.1 Å². The van der Waals surface area contributed by atoms with Gasteiger partial charge in [-0.3, -0.25) is 4.98 Å². The summed E-state index contributed by atoms with van der Waals surface area (Å²) in [5.74, 6) is 1.13. The molecular weight excluding hydrogens is 314 g/mol. The highest BCUT2D eigenvalue weighted by Gasteiger charge is 2.22. The summed E-state index contributed by atoms with van der Waals surface area (Å²) in [7, 11) is 0. The molecule has 0 N–H and O–H groups in total. The lowest BCUT2D eigenvalue weighted by Crippen LogP contribution is -2.38. The van der Waals surface area contributed by atoms with Crippen molar-refractivity contribution in [3.8, 4) is 0 Å². The van der Waals surface area contributed by atoms with E-state index in [1.807, 2.05) is 36.7 Å². The third-order valence-electron chi connectivity index (χ3n) is 4.63. The van der Waals surface area contributed by atoms with Gasteiger partial charge in [0.25, 0.3) is 0 Å². The van der Waals surface area contributed by atoms with Crippen LogP contribution in [0.25, 0.3) is 5.65 Å². The molecule has 4 rings (SSSR count). The molecule has 25 heavy (non-hydrogen) atoms. The Morgan fingerprint density at radius 2 is 2.00 bits per heavy atom. The first-order valence-electron chi connectivity index (χ1n) is 8.78. The second-order valence-electron chi connectivity index (χ2n) is 6.67. The Kier molecular flexibility index (Phi) is 4.36. The summed E-state index contributed by atoms with van der Waals surface area (Å²) in [6, 6.07) is 8.15. The van der Waals surface area contributed by atoms with Crippen LogP contribution in [0.2, 0.25) is 0 Å². The molecule has 6 nitrogen and oxygen atoms in total. The Morgan fingerprint density at radius 3 is 2.76 bits per heavy atom. The maximum Gasteiger partial charge on any atom is 0.157 e. The molecule has 0 aliphatic carbocycles. The first kappa shape index (κ1) is 16.0. The number of anilines is 1. The van der Waals surface area contributed by atoms with Gasteiger partial charge in [0.15, 0.2) is 5.65 Å². The van der Waals surface area contributed by atoms with Gasteiger partial charge in [-0.1, -0.05) is 6.07 Å². The van der Waals surface area contributed by atoms with Crippen molar-refractivity contribution >= 4 is 11.5 Å². The lowest BCUT2D eigenvalue weighted by atomic mass is 10.1. The number of fused-ring (bicyclic) bond motifs is 1. The number of ether oxygens (including phenoxy) is 1. The molecule has 0 unspecified atom stereocenters. The monoisotopic (exact) mass is 337 g/mol. The van der Waals surface area contributed by atoms with Crippen LogP contribution in [0.3, 0.4) is 0 Å².